The highest BCUT2D eigenvalue weighted by molar-refractivity contribution is 6.08. The molecule has 0 amide bonds. The van der Waals surface area contributed by atoms with Gasteiger partial charge in [-0.25, -0.2) is 0 Å². The van der Waals surface area contributed by atoms with E-state index in [-0.39, 0.29) is 31.1 Å². The van der Waals surface area contributed by atoms with Gasteiger partial charge in [0.1, 0.15) is 0 Å². The number of carbonyl (C=O) groups excluding carboxylic acids is 3. The van der Waals surface area contributed by atoms with Gasteiger partial charge < -0.3 is 10.1 Å². The molecule has 1 heterocycles. The molecule has 0 radical (unpaired) electrons. The summed E-state index contributed by atoms with van der Waals surface area (Å²) < 4.78 is 4.39. The van der Waals surface area contributed by atoms with Crippen LogP contribution in [0.3, 0.4) is 0 Å². The van der Waals surface area contributed by atoms with Crippen LogP contribution < -0.4 is 5.32 Å². The van der Waals surface area contributed by atoms with Crippen LogP contribution in [0.2, 0.25) is 0 Å². The first kappa shape index (κ1) is 9.85. The average Bonchev–Trinajstić information content (AvgIpc) is 2.11. The Bertz CT molecular complexity index is 233. The summed E-state index contributed by atoms with van der Waals surface area (Å²) in [6.07, 6.45) is -0.129. The van der Waals surface area contributed by atoms with Crippen molar-refractivity contribution in [1.82, 2.24) is 5.32 Å². The number of nitrogens with one attached hydrogen (secondary N) is 1. The number of rotatable bonds is 2. The van der Waals surface area contributed by atoms with E-state index < -0.39 is 11.9 Å². The quantitative estimate of drug-likeness (QED) is 0.437. The summed E-state index contributed by atoms with van der Waals surface area (Å²) in [6, 6.07) is 0. The van der Waals surface area contributed by atoms with Crippen LogP contribution in [0.1, 0.15) is 6.42 Å². The maximum atomic E-state index is 11.2. The highest BCUT2D eigenvalue weighted by Gasteiger charge is 2.31. The lowest BCUT2D eigenvalue weighted by atomic mass is 9.92. The highest BCUT2D eigenvalue weighted by atomic mass is 16.5. The lowest BCUT2D eigenvalue weighted by Crippen LogP contribution is -2.45. The normalized spacial score (nSPS) is 18.8. The zero-order chi connectivity index (χ0) is 9.84. The minimum absolute atomic E-state index is 0.129. The molecule has 1 fully saturated rings. The van der Waals surface area contributed by atoms with Crippen molar-refractivity contribution in [3.63, 3.8) is 0 Å². The van der Waals surface area contributed by atoms with Gasteiger partial charge in [-0.3, -0.25) is 14.4 Å². The molecule has 72 valence electrons. The van der Waals surface area contributed by atoms with Gasteiger partial charge in [-0.2, -0.15) is 0 Å². The first-order chi connectivity index (χ1) is 6.15. The van der Waals surface area contributed by atoms with Crippen LogP contribution in [-0.4, -0.2) is 37.7 Å². The SMILES string of the molecule is COC(=O)CC1C(=O)CNCC1=O. The third-order valence-electron chi connectivity index (χ3n) is 1.97. The summed E-state index contributed by atoms with van der Waals surface area (Å²) >= 11 is 0. The third-order valence-corrected chi connectivity index (χ3v) is 1.97. The Balaban J connectivity index is 2.59. The van der Waals surface area contributed by atoms with Crippen LogP contribution in [0, 0.1) is 5.92 Å². The van der Waals surface area contributed by atoms with E-state index in [9.17, 15) is 14.4 Å². The molecule has 5 nitrogen and oxygen atoms in total. The Kier molecular flexibility index (Phi) is 3.13. The van der Waals surface area contributed by atoms with E-state index >= 15 is 0 Å². The van der Waals surface area contributed by atoms with E-state index in [4.69, 9.17) is 0 Å². The molecule has 13 heavy (non-hydrogen) atoms. The standard InChI is InChI=1S/C8H11NO4/c1-13-8(12)2-5-6(10)3-9-4-7(5)11/h5,9H,2-4H2,1H3. The van der Waals surface area contributed by atoms with Crippen LogP contribution >= 0.6 is 0 Å². The van der Waals surface area contributed by atoms with Crippen LogP contribution in [0.15, 0.2) is 0 Å². The van der Waals surface area contributed by atoms with Gasteiger partial charge in [0, 0.05) is 0 Å². The van der Waals surface area contributed by atoms with E-state index in [0.717, 1.165) is 0 Å². The molecule has 5 heteroatoms. The fraction of sp³-hybridized carbons (Fsp3) is 0.625. The number of esters is 1. The minimum atomic E-state index is -0.798. The van der Waals surface area contributed by atoms with E-state index in [1.165, 1.54) is 7.11 Å². The average molecular weight is 185 g/mol. The predicted octanol–water partition coefficient (Wildman–Crippen LogP) is -1.09. The Labute approximate surface area is 75.4 Å². The number of ether oxygens (including phenoxy) is 1. The van der Waals surface area contributed by atoms with Crippen molar-refractivity contribution in [2.24, 2.45) is 5.92 Å². The van der Waals surface area contributed by atoms with Crippen molar-refractivity contribution in [2.75, 3.05) is 20.2 Å². The van der Waals surface area contributed by atoms with Crippen LogP contribution in [-0.2, 0) is 19.1 Å². The Morgan fingerprint density at radius 3 is 2.46 bits per heavy atom. The zero-order valence-corrected chi connectivity index (χ0v) is 7.33. The summed E-state index contributed by atoms with van der Waals surface area (Å²) in [5.41, 5.74) is 0. The van der Waals surface area contributed by atoms with Gasteiger partial charge >= 0.3 is 5.97 Å². The number of ketones is 2. The number of methoxy groups -OCH3 is 1. The van der Waals surface area contributed by atoms with Crippen LogP contribution in [0.5, 0.6) is 0 Å². The topological polar surface area (TPSA) is 72.5 Å². The monoisotopic (exact) mass is 185 g/mol. The van der Waals surface area contributed by atoms with Crippen molar-refractivity contribution in [2.45, 2.75) is 6.42 Å². The van der Waals surface area contributed by atoms with E-state index in [2.05, 4.69) is 10.1 Å². The molecular formula is C8H11NO4. The lowest BCUT2D eigenvalue weighted by molar-refractivity contribution is -0.147. The lowest BCUT2D eigenvalue weighted by Gasteiger charge is -2.18. The fourth-order valence-electron chi connectivity index (χ4n) is 1.21. The van der Waals surface area contributed by atoms with Gasteiger partial charge in [-0.05, 0) is 0 Å². The Morgan fingerprint density at radius 1 is 1.46 bits per heavy atom. The number of carbonyl (C=O) groups is 3. The second kappa shape index (κ2) is 4.13. The number of hydrogen-bond acceptors (Lipinski definition) is 5. The first-order valence-corrected chi connectivity index (χ1v) is 3.98. The molecule has 1 rings (SSSR count). The van der Waals surface area contributed by atoms with Gasteiger partial charge in [-0.15, -0.1) is 0 Å². The van der Waals surface area contributed by atoms with E-state index in [0.29, 0.717) is 0 Å². The number of piperidine rings is 1. The highest BCUT2D eigenvalue weighted by Crippen LogP contribution is 2.10. The second-order valence-corrected chi connectivity index (χ2v) is 2.87. The molecule has 1 saturated heterocycles. The molecule has 0 saturated carbocycles. The van der Waals surface area contributed by atoms with E-state index in [1.807, 2.05) is 0 Å². The molecule has 0 bridgehead atoms. The number of hydrogen-bond donors (Lipinski definition) is 1. The molecule has 0 aromatic carbocycles. The van der Waals surface area contributed by atoms with Crippen LogP contribution in [0.4, 0.5) is 0 Å². The van der Waals surface area contributed by atoms with Crippen molar-refractivity contribution < 1.29 is 19.1 Å². The van der Waals surface area contributed by atoms with E-state index in [1.54, 1.807) is 0 Å². The summed E-state index contributed by atoms with van der Waals surface area (Å²) in [7, 11) is 1.23. The molecule has 1 N–H and O–H groups in total. The van der Waals surface area contributed by atoms with Gasteiger partial charge in [0.25, 0.3) is 0 Å². The molecule has 0 aromatic rings. The van der Waals surface area contributed by atoms with Crippen molar-refractivity contribution in [1.29, 1.82) is 0 Å². The fourth-order valence-corrected chi connectivity index (χ4v) is 1.21. The second-order valence-electron chi connectivity index (χ2n) is 2.87. The molecule has 1 aliphatic heterocycles. The molecule has 0 spiro atoms. The molecule has 0 aromatic heterocycles. The Hall–Kier alpha value is -1.23. The molecule has 1 aliphatic rings. The zero-order valence-electron chi connectivity index (χ0n) is 7.33. The largest absolute Gasteiger partial charge is 0.469 e. The van der Waals surface area contributed by atoms with Gasteiger partial charge in [0.2, 0.25) is 0 Å². The summed E-state index contributed by atoms with van der Waals surface area (Å²) in [6.45, 7) is 0.320. The minimum Gasteiger partial charge on any atom is -0.469 e. The van der Waals surface area contributed by atoms with Gasteiger partial charge in [0.15, 0.2) is 11.6 Å². The van der Waals surface area contributed by atoms with Crippen molar-refractivity contribution in [3.8, 4) is 0 Å². The summed E-state index contributed by atoms with van der Waals surface area (Å²) in [5.74, 6) is -1.79. The summed E-state index contributed by atoms with van der Waals surface area (Å²) in [4.78, 5) is 33.2. The van der Waals surface area contributed by atoms with Crippen molar-refractivity contribution in [3.05, 3.63) is 0 Å². The first-order valence-electron chi connectivity index (χ1n) is 3.98. The van der Waals surface area contributed by atoms with Crippen molar-refractivity contribution >= 4 is 17.5 Å². The number of Topliss-reactive ketones (excluding diaryl/α,β-unsaturated/α-hetero) is 2. The van der Waals surface area contributed by atoms with Gasteiger partial charge in [0.05, 0.1) is 32.5 Å². The molecule has 0 unspecified atom stereocenters. The maximum Gasteiger partial charge on any atom is 0.306 e. The third kappa shape index (κ3) is 2.35. The molecule has 0 aliphatic carbocycles. The molecule has 0 atom stereocenters. The smallest absolute Gasteiger partial charge is 0.306 e. The maximum absolute atomic E-state index is 11.2. The summed E-state index contributed by atoms with van der Waals surface area (Å²) in [5, 5.41) is 2.65. The van der Waals surface area contributed by atoms with Gasteiger partial charge in [-0.1, -0.05) is 0 Å². The van der Waals surface area contributed by atoms with Crippen LogP contribution in [0.25, 0.3) is 0 Å². The Morgan fingerprint density at radius 2 is 2.00 bits per heavy atom. The molecular weight excluding hydrogens is 174 g/mol. The predicted molar refractivity (Wildman–Crippen MR) is 43.0 cm³/mol.